The van der Waals surface area contributed by atoms with E-state index < -0.39 is 23.0 Å². The Bertz CT molecular complexity index is 722. The fourth-order valence-electron chi connectivity index (χ4n) is 4.66. The van der Waals surface area contributed by atoms with Crippen LogP contribution in [0, 0.1) is 28.9 Å². The summed E-state index contributed by atoms with van der Waals surface area (Å²) in [6.45, 7) is 0.723. The lowest BCUT2D eigenvalue weighted by molar-refractivity contribution is -0.149. The minimum atomic E-state index is -0.897. The number of fused-ring (bicyclic) bond motifs is 1. The molecule has 128 valence electrons. The minimum Gasteiger partial charge on any atom is -0.481 e. The van der Waals surface area contributed by atoms with E-state index >= 15 is 0 Å². The van der Waals surface area contributed by atoms with Crippen LogP contribution in [0.1, 0.15) is 37.2 Å². The molecule has 4 nitrogen and oxygen atoms in total. The monoisotopic (exact) mass is 335 g/mol. The molecule has 2 unspecified atom stereocenters. The molecular weight excluding hydrogens is 316 g/mol. The van der Waals surface area contributed by atoms with Crippen LogP contribution in [0.25, 0.3) is 0 Å². The van der Waals surface area contributed by atoms with Gasteiger partial charge in [-0.3, -0.25) is 9.59 Å². The molecule has 1 heterocycles. The molecule has 4 rings (SSSR count). The molecule has 0 spiro atoms. The van der Waals surface area contributed by atoms with Crippen molar-refractivity contribution >= 4 is 11.9 Å². The van der Waals surface area contributed by atoms with Crippen molar-refractivity contribution < 1.29 is 23.5 Å². The second-order valence-corrected chi connectivity index (χ2v) is 7.36. The number of hydrogen-bond acceptors (Lipinski definition) is 2. The van der Waals surface area contributed by atoms with Gasteiger partial charge in [0.1, 0.15) is 0 Å². The predicted molar refractivity (Wildman–Crippen MR) is 81.2 cm³/mol. The Kier molecular flexibility index (Phi) is 3.41. The smallest absolute Gasteiger partial charge is 0.311 e. The molecule has 2 aliphatic carbocycles. The van der Waals surface area contributed by atoms with Crippen LogP contribution in [0.3, 0.4) is 0 Å². The van der Waals surface area contributed by atoms with E-state index in [-0.39, 0.29) is 35.8 Å². The summed E-state index contributed by atoms with van der Waals surface area (Å²) >= 11 is 0. The number of hydrogen-bond donors (Lipinski definition) is 1. The number of nitrogens with zero attached hydrogens (tertiary/aromatic N) is 1. The van der Waals surface area contributed by atoms with E-state index in [2.05, 4.69) is 0 Å². The zero-order valence-corrected chi connectivity index (χ0v) is 13.2. The van der Waals surface area contributed by atoms with Crippen molar-refractivity contribution in [2.45, 2.75) is 31.6 Å². The number of aliphatic carboxylic acids is 1. The second-order valence-electron chi connectivity index (χ2n) is 7.36. The number of benzene rings is 1. The van der Waals surface area contributed by atoms with Gasteiger partial charge in [0, 0.05) is 19.0 Å². The number of carboxylic acids is 1. The second kappa shape index (κ2) is 5.26. The van der Waals surface area contributed by atoms with E-state index in [1.165, 1.54) is 12.1 Å². The van der Waals surface area contributed by atoms with E-state index in [0.717, 1.165) is 18.9 Å². The number of carbonyl (C=O) groups is 2. The summed E-state index contributed by atoms with van der Waals surface area (Å²) in [5, 5.41) is 9.60. The lowest BCUT2D eigenvalue weighted by Gasteiger charge is -2.23. The average Bonchev–Trinajstić information content (AvgIpc) is 3.07. The van der Waals surface area contributed by atoms with Crippen LogP contribution in [0.4, 0.5) is 8.78 Å². The van der Waals surface area contributed by atoms with Crippen molar-refractivity contribution in [2.75, 3.05) is 13.1 Å². The van der Waals surface area contributed by atoms with Crippen molar-refractivity contribution in [3.8, 4) is 0 Å². The maximum absolute atomic E-state index is 13.9. The summed E-state index contributed by atoms with van der Waals surface area (Å²) in [6, 6.07) is 4.04. The highest BCUT2D eigenvalue weighted by molar-refractivity contribution is 5.85. The largest absolute Gasteiger partial charge is 0.481 e. The van der Waals surface area contributed by atoms with Gasteiger partial charge in [-0.15, -0.1) is 0 Å². The third kappa shape index (κ3) is 2.15. The van der Waals surface area contributed by atoms with Gasteiger partial charge in [-0.25, -0.2) is 8.78 Å². The van der Waals surface area contributed by atoms with Gasteiger partial charge < -0.3 is 10.0 Å². The third-order valence-electron chi connectivity index (χ3n) is 6.10. The molecule has 1 amide bonds. The number of likely N-dealkylation sites (tertiary alicyclic amines) is 1. The fourth-order valence-corrected chi connectivity index (χ4v) is 4.66. The Morgan fingerprint density at radius 1 is 1.29 bits per heavy atom. The highest BCUT2D eigenvalue weighted by Gasteiger charge is 2.58. The van der Waals surface area contributed by atoms with Crippen LogP contribution in [0.2, 0.25) is 0 Å². The van der Waals surface area contributed by atoms with E-state index in [1.807, 2.05) is 0 Å². The quantitative estimate of drug-likeness (QED) is 0.924. The Labute approximate surface area is 138 Å². The summed E-state index contributed by atoms with van der Waals surface area (Å²) in [7, 11) is 0. The fraction of sp³-hybridized carbons (Fsp3) is 0.556. The Morgan fingerprint density at radius 3 is 2.79 bits per heavy atom. The first-order valence-corrected chi connectivity index (χ1v) is 8.40. The summed E-state index contributed by atoms with van der Waals surface area (Å²) in [6.07, 6.45) is 2.84. The standard InChI is InChI=1S/C18H19F2NO3/c19-14-5-1-4-11(15(14)20)12-7-13(12)16(22)21-8-10-3-2-6-18(10,9-21)17(23)24/h1,4-5,10,12-13H,2-3,6-9H2,(H,23,24)/t10-,12?,13?,18+/m0/s1. The molecule has 1 saturated heterocycles. The number of halogens is 2. The molecule has 0 aromatic heterocycles. The number of amides is 1. The molecule has 0 radical (unpaired) electrons. The van der Waals surface area contributed by atoms with E-state index in [4.69, 9.17) is 0 Å². The van der Waals surface area contributed by atoms with E-state index in [0.29, 0.717) is 19.4 Å². The average molecular weight is 335 g/mol. The van der Waals surface area contributed by atoms with Crippen molar-refractivity contribution in [3.05, 3.63) is 35.4 Å². The Balaban J connectivity index is 1.49. The van der Waals surface area contributed by atoms with Gasteiger partial charge in [-0.1, -0.05) is 18.6 Å². The van der Waals surface area contributed by atoms with E-state index in [9.17, 15) is 23.5 Å². The molecule has 2 saturated carbocycles. The Morgan fingerprint density at radius 2 is 2.08 bits per heavy atom. The maximum Gasteiger partial charge on any atom is 0.311 e. The molecular formula is C18H19F2NO3. The molecule has 3 fully saturated rings. The number of rotatable bonds is 3. The molecule has 3 aliphatic rings. The summed E-state index contributed by atoms with van der Waals surface area (Å²) in [5.74, 6) is -3.34. The van der Waals surface area contributed by atoms with Crippen LogP contribution in [-0.2, 0) is 9.59 Å². The van der Waals surface area contributed by atoms with Crippen molar-refractivity contribution in [1.82, 2.24) is 4.90 Å². The molecule has 1 aromatic rings. The molecule has 6 heteroatoms. The summed E-state index contributed by atoms with van der Waals surface area (Å²) in [5.41, 5.74) is -0.551. The zero-order chi connectivity index (χ0) is 17.1. The van der Waals surface area contributed by atoms with Gasteiger partial charge in [0.15, 0.2) is 11.6 Å². The zero-order valence-electron chi connectivity index (χ0n) is 13.2. The summed E-state index contributed by atoms with van der Waals surface area (Å²) < 4.78 is 27.2. The van der Waals surface area contributed by atoms with Crippen molar-refractivity contribution in [3.63, 3.8) is 0 Å². The van der Waals surface area contributed by atoms with Crippen LogP contribution >= 0.6 is 0 Å². The van der Waals surface area contributed by atoms with E-state index in [1.54, 1.807) is 4.90 Å². The molecule has 24 heavy (non-hydrogen) atoms. The number of carboxylic acid groups (broad SMARTS) is 1. The highest BCUT2D eigenvalue weighted by atomic mass is 19.2. The van der Waals surface area contributed by atoms with Gasteiger partial charge in [-0.2, -0.15) is 0 Å². The van der Waals surface area contributed by atoms with Crippen LogP contribution in [0.5, 0.6) is 0 Å². The molecule has 1 aliphatic heterocycles. The van der Waals surface area contributed by atoms with Crippen molar-refractivity contribution in [1.29, 1.82) is 0 Å². The van der Waals surface area contributed by atoms with Gasteiger partial charge in [0.05, 0.1) is 5.41 Å². The lowest BCUT2D eigenvalue weighted by atomic mass is 9.81. The van der Waals surface area contributed by atoms with Gasteiger partial charge in [-0.05, 0) is 42.7 Å². The SMILES string of the molecule is O=C(C1CC1c1cccc(F)c1F)N1C[C@@H]2CCC[C@@]2(C(=O)O)C1. The first-order valence-electron chi connectivity index (χ1n) is 8.40. The Hall–Kier alpha value is -1.98. The third-order valence-corrected chi connectivity index (χ3v) is 6.10. The first kappa shape index (κ1) is 15.5. The van der Waals surface area contributed by atoms with Crippen LogP contribution < -0.4 is 0 Å². The minimum absolute atomic E-state index is 0.0158. The van der Waals surface area contributed by atoms with Gasteiger partial charge >= 0.3 is 5.97 Å². The number of carbonyl (C=O) groups excluding carboxylic acids is 1. The molecule has 1 aromatic carbocycles. The highest BCUT2D eigenvalue weighted by Crippen LogP contribution is 2.53. The molecule has 4 atom stereocenters. The predicted octanol–water partition coefficient (Wildman–Crippen LogP) is 2.78. The molecule has 0 bridgehead atoms. The lowest BCUT2D eigenvalue weighted by Crippen LogP contribution is -2.37. The van der Waals surface area contributed by atoms with Gasteiger partial charge in [0.2, 0.25) is 5.91 Å². The summed E-state index contributed by atoms with van der Waals surface area (Å²) in [4.78, 5) is 26.0. The molecule has 1 N–H and O–H groups in total. The van der Waals surface area contributed by atoms with Crippen molar-refractivity contribution in [2.24, 2.45) is 17.3 Å². The van der Waals surface area contributed by atoms with Crippen LogP contribution in [-0.4, -0.2) is 35.0 Å². The maximum atomic E-state index is 13.9. The first-order chi connectivity index (χ1) is 11.4. The normalized spacial score (nSPS) is 34.2. The van der Waals surface area contributed by atoms with Crippen LogP contribution in [0.15, 0.2) is 18.2 Å². The van der Waals surface area contributed by atoms with Gasteiger partial charge in [0.25, 0.3) is 0 Å². The topological polar surface area (TPSA) is 57.6 Å².